The maximum Gasteiger partial charge on any atom is 0.243 e. The van der Waals surface area contributed by atoms with Crippen molar-refractivity contribution in [3.8, 4) is 0 Å². The van der Waals surface area contributed by atoms with Gasteiger partial charge in [0, 0.05) is 59.2 Å². The van der Waals surface area contributed by atoms with E-state index in [1.165, 1.54) is 0 Å². The number of carbonyl (C=O) groups is 1. The van der Waals surface area contributed by atoms with Gasteiger partial charge < -0.3 is 20.0 Å². The Morgan fingerprint density at radius 3 is 2.38 bits per heavy atom. The smallest absolute Gasteiger partial charge is 0.243 e. The molecule has 0 bridgehead atoms. The van der Waals surface area contributed by atoms with Gasteiger partial charge in [-0.15, -0.1) is 24.0 Å². The molecular formula is C17H30IN7O. The number of rotatable bonds is 5. The maximum atomic E-state index is 11.9. The third kappa shape index (κ3) is 6.93. The Morgan fingerprint density at radius 2 is 1.85 bits per heavy atom. The number of hydrogen-bond donors (Lipinski definition) is 1. The van der Waals surface area contributed by atoms with E-state index in [-0.39, 0.29) is 36.4 Å². The minimum Gasteiger partial charge on any atom is -0.356 e. The van der Waals surface area contributed by atoms with E-state index in [9.17, 15) is 4.79 Å². The number of piperazine rings is 1. The number of aliphatic imine (C=N–C) groups is 1. The first kappa shape index (κ1) is 22.4. The third-order valence-corrected chi connectivity index (χ3v) is 3.95. The van der Waals surface area contributed by atoms with Crippen molar-refractivity contribution < 1.29 is 4.79 Å². The molecule has 1 N–H and O–H groups in total. The van der Waals surface area contributed by atoms with Crippen LogP contribution in [-0.2, 0) is 4.79 Å². The molecule has 2 heterocycles. The van der Waals surface area contributed by atoms with E-state index in [1.807, 2.05) is 6.07 Å². The van der Waals surface area contributed by atoms with Crippen LogP contribution >= 0.6 is 24.0 Å². The zero-order valence-electron chi connectivity index (χ0n) is 16.1. The number of aromatic nitrogens is 2. The van der Waals surface area contributed by atoms with Crippen LogP contribution in [0.5, 0.6) is 0 Å². The molecule has 9 heteroatoms. The molecule has 0 unspecified atom stereocenters. The van der Waals surface area contributed by atoms with Crippen LogP contribution in [0.2, 0.25) is 0 Å². The number of anilines is 1. The van der Waals surface area contributed by atoms with Crippen LogP contribution in [0.3, 0.4) is 0 Å². The van der Waals surface area contributed by atoms with E-state index in [0.29, 0.717) is 5.92 Å². The lowest BCUT2D eigenvalue weighted by Crippen LogP contribution is -2.53. The predicted octanol–water partition coefficient (Wildman–Crippen LogP) is 0.906. The zero-order chi connectivity index (χ0) is 18.2. The second-order valence-corrected chi connectivity index (χ2v) is 6.73. The van der Waals surface area contributed by atoms with Gasteiger partial charge in [-0.3, -0.25) is 4.79 Å². The zero-order valence-corrected chi connectivity index (χ0v) is 18.4. The van der Waals surface area contributed by atoms with Gasteiger partial charge in [0.2, 0.25) is 11.9 Å². The van der Waals surface area contributed by atoms with E-state index < -0.39 is 0 Å². The molecule has 0 atom stereocenters. The van der Waals surface area contributed by atoms with Crippen molar-refractivity contribution in [1.29, 1.82) is 0 Å². The van der Waals surface area contributed by atoms with Gasteiger partial charge >= 0.3 is 0 Å². The number of amides is 1. The van der Waals surface area contributed by atoms with Gasteiger partial charge in [-0.05, 0) is 12.0 Å². The Kier molecular flexibility index (Phi) is 9.60. The second kappa shape index (κ2) is 11.1. The average molecular weight is 475 g/mol. The molecule has 146 valence electrons. The summed E-state index contributed by atoms with van der Waals surface area (Å²) in [6, 6.07) is 1.82. The Bertz CT molecular complexity index is 572. The average Bonchev–Trinajstić information content (AvgIpc) is 2.62. The number of halogens is 1. The lowest BCUT2D eigenvalue weighted by Gasteiger charge is -2.36. The molecule has 1 aliphatic rings. The van der Waals surface area contributed by atoms with Crippen molar-refractivity contribution in [2.45, 2.75) is 13.8 Å². The van der Waals surface area contributed by atoms with Gasteiger partial charge in [0.05, 0.1) is 0 Å². The molecule has 0 saturated carbocycles. The Balaban J connectivity index is 0.00000338. The fourth-order valence-electron chi connectivity index (χ4n) is 2.42. The molecule has 0 spiro atoms. The monoisotopic (exact) mass is 475 g/mol. The molecule has 1 aliphatic heterocycles. The normalized spacial score (nSPS) is 14.9. The molecule has 26 heavy (non-hydrogen) atoms. The van der Waals surface area contributed by atoms with E-state index >= 15 is 0 Å². The second-order valence-electron chi connectivity index (χ2n) is 6.73. The summed E-state index contributed by atoms with van der Waals surface area (Å²) < 4.78 is 0. The van der Waals surface area contributed by atoms with Crippen molar-refractivity contribution in [2.75, 3.05) is 58.3 Å². The summed E-state index contributed by atoms with van der Waals surface area (Å²) >= 11 is 0. The molecule has 1 aromatic heterocycles. The van der Waals surface area contributed by atoms with E-state index in [2.05, 4.69) is 43.9 Å². The molecule has 0 radical (unpaired) electrons. The summed E-state index contributed by atoms with van der Waals surface area (Å²) in [7, 11) is 3.50. The number of likely N-dealkylation sites (N-methyl/N-ethyl adjacent to an activating group) is 1. The van der Waals surface area contributed by atoms with Crippen LogP contribution in [-0.4, -0.2) is 85.0 Å². The number of carbonyl (C=O) groups excluding carboxylic acids is 1. The van der Waals surface area contributed by atoms with Crippen LogP contribution < -0.4 is 10.2 Å². The van der Waals surface area contributed by atoms with Crippen LogP contribution in [0.1, 0.15) is 13.8 Å². The minimum atomic E-state index is 0. The summed E-state index contributed by atoms with van der Waals surface area (Å²) in [4.78, 5) is 30.9. The van der Waals surface area contributed by atoms with Crippen LogP contribution in [0.25, 0.3) is 0 Å². The highest BCUT2D eigenvalue weighted by Crippen LogP contribution is 2.10. The summed E-state index contributed by atoms with van der Waals surface area (Å²) in [5.74, 6) is 2.07. The molecule has 0 aromatic carbocycles. The number of nitrogens with zero attached hydrogens (tertiary/aromatic N) is 6. The first-order valence-corrected chi connectivity index (χ1v) is 8.72. The molecule has 2 rings (SSSR count). The van der Waals surface area contributed by atoms with Gasteiger partial charge in [-0.1, -0.05) is 13.8 Å². The summed E-state index contributed by atoms with van der Waals surface area (Å²) in [6.07, 6.45) is 3.53. The standard InChI is InChI=1S/C17H29N7O.HI/c1-14(2)12-20-17(21-13-15(25)22(3)4)24-10-8-23(9-11-24)16-18-6-5-7-19-16;/h5-7,14H,8-13H2,1-4H3,(H,20,21);1H. The summed E-state index contributed by atoms with van der Waals surface area (Å²) in [5, 5.41) is 3.39. The van der Waals surface area contributed by atoms with Gasteiger partial charge in [-0.2, -0.15) is 0 Å². The Morgan fingerprint density at radius 1 is 1.23 bits per heavy atom. The quantitative estimate of drug-likeness (QED) is 0.388. The van der Waals surface area contributed by atoms with Crippen molar-refractivity contribution >= 4 is 41.8 Å². The lowest BCUT2D eigenvalue weighted by atomic mass is 10.2. The van der Waals surface area contributed by atoms with E-state index in [4.69, 9.17) is 0 Å². The van der Waals surface area contributed by atoms with Crippen LogP contribution in [0, 0.1) is 5.92 Å². The van der Waals surface area contributed by atoms with Crippen molar-refractivity contribution in [3.05, 3.63) is 18.5 Å². The first-order valence-electron chi connectivity index (χ1n) is 8.72. The molecule has 1 amide bonds. The van der Waals surface area contributed by atoms with Gasteiger partial charge in [0.25, 0.3) is 0 Å². The third-order valence-electron chi connectivity index (χ3n) is 3.95. The van der Waals surface area contributed by atoms with Crippen LogP contribution in [0.4, 0.5) is 5.95 Å². The van der Waals surface area contributed by atoms with Crippen molar-refractivity contribution in [2.24, 2.45) is 10.9 Å². The van der Waals surface area contributed by atoms with Crippen molar-refractivity contribution in [3.63, 3.8) is 0 Å². The fraction of sp³-hybridized carbons (Fsp3) is 0.647. The van der Waals surface area contributed by atoms with Crippen molar-refractivity contribution in [1.82, 2.24) is 25.1 Å². The van der Waals surface area contributed by atoms with Gasteiger partial charge in [0.1, 0.15) is 6.54 Å². The van der Waals surface area contributed by atoms with Gasteiger partial charge in [0.15, 0.2) is 5.96 Å². The molecule has 1 fully saturated rings. The highest BCUT2D eigenvalue weighted by atomic mass is 127. The van der Waals surface area contributed by atoms with Crippen LogP contribution in [0.15, 0.2) is 23.5 Å². The maximum absolute atomic E-state index is 11.9. The summed E-state index contributed by atoms with van der Waals surface area (Å²) in [5.41, 5.74) is 0. The molecule has 8 nitrogen and oxygen atoms in total. The number of guanidine groups is 1. The number of nitrogens with one attached hydrogen (secondary N) is 1. The number of hydrogen-bond acceptors (Lipinski definition) is 5. The fourth-order valence-corrected chi connectivity index (χ4v) is 2.42. The van der Waals surface area contributed by atoms with E-state index in [0.717, 1.165) is 44.6 Å². The first-order chi connectivity index (χ1) is 12.0. The minimum absolute atomic E-state index is 0. The molecular weight excluding hydrogens is 445 g/mol. The SMILES string of the molecule is CC(C)CNC(=NCC(=O)N(C)C)N1CCN(c2ncccn2)CC1.I. The topological polar surface area (TPSA) is 77.0 Å². The Hall–Kier alpha value is -1.65. The largest absolute Gasteiger partial charge is 0.356 e. The molecule has 1 saturated heterocycles. The highest BCUT2D eigenvalue weighted by molar-refractivity contribution is 14.0. The summed E-state index contributed by atoms with van der Waals surface area (Å²) in [6.45, 7) is 8.59. The highest BCUT2D eigenvalue weighted by Gasteiger charge is 2.21. The Labute approximate surface area is 173 Å². The predicted molar refractivity (Wildman–Crippen MR) is 115 cm³/mol. The molecule has 1 aromatic rings. The molecule has 0 aliphatic carbocycles. The van der Waals surface area contributed by atoms with Gasteiger partial charge in [-0.25, -0.2) is 15.0 Å². The lowest BCUT2D eigenvalue weighted by molar-refractivity contribution is -0.127. The van der Waals surface area contributed by atoms with E-state index in [1.54, 1.807) is 31.4 Å².